The Balaban J connectivity index is 2.57. The van der Waals surface area contributed by atoms with Crippen LogP contribution in [0.3, 0.4) is 0 Å². The highest BCUT2D eigenvalue weighted by atomic mass is 35.5. The molecule has 0 amide bonds. The summed E-state index contributed by atoms with van der Waals surface area (Å²) in [4.78, 5) is 3.47. The highest BCUT2D eigenvalue weighted by molar-refractivity contribution is 6.48. The van der Waals surface area contributed by atoms with Crippen LogP contribution in [0.1, 0.15) is 0 Å². The van der Waals surface area contributed by atoms with Gasteiger partial charge in [-0.05, 0) is 29.3 Å². The summed E-state index contributed by atoms with van der Waals surface area (Å²) >= 11 is 17.6. The minimum atomic E-state index is -0.556. The lowest BCUT2D eigenvalue weighted by Crippen LogP contribution is -1.84. The smallest absolute Gasteiger partial charge is 0.213 e. The van der Waals surface area contributed by atoms with Crippen molar-refractivity contribution >= 4 is 34.8 Å². The molecule has 0 N–H and O–H groups in total. The molecule has 0 atom stereocenters. The van der Waals surface area contributed by atoms with E-state index < -0.39 is 5.95 Å². The molecule has 0 bridgehead atoms. The molecule has 1 aromatic heterocycles. The predicted octanol–water partition coefficient (Wildman–Crippen LogP) is 4.85. The highest BCUT2D eigenvalue weighted by Gasteiger charge is 2.08. The molecule has 2 aromatic rings. The monoisotopic (exact) mass is 275 g/mol. The first-order valence-electron chi connectivity index (χ1n) is 4.34. The van der Waals surface area contributed by atoms with Crippen molar-refractivity contribution in [3.63, 3.8) is 0 Å². The van der Waals surface area contributed by atoms with Crippen LogP contribution >= 0.6 is 34.8 Å². The Kier molecular flexibility index (Phi) is 3.33. The first-order valence-corrected chi connectivity index (χ1v) is 5.48. The molecular formula is C11H5Cl3FN. The fourth-order valence-electron chi connectivity index (χ4n) is 1.30. The van der Waals surface area contributed by atoms with Crippen LogP contribution in [0.25, 0.3) is 11.1 Å². The van der Waals surface area contributed by atoms with Gasteiger partial charge in [0.05, 0.1) is 15.1 Å². The van der Waals surface area contributed by atoms with Crippen LogP contribution in [-0.4, -0.2) is 4.98 Å². The minimum absolute atomic E-state index is 0.293. The van der Waals surface area contributed by atoms with Gasteiger partial charge in [-0.15, -0.1) is 0 Å². The standard InChI is InChI=1S/C11H5Cl3FN/c12-8-3-7(4-9(13)11(8)14)6-1-2-16-10(15)5-6/h1-5H. The van der Waals surface area contributed by atoms with Crippen LogP contribution < -0.4 is 0 Å². The first-order chi connectivity index (χ1) is 7.58. The largest absolute Gasteiger partial charge is 0.228 e. The van der Waals surface area contributed by atoms with Crippen molar-refractivity contribution in [1.29, 1.82) is 0 Å². The zero-order valence-corrected chi connectivity index (χ0v) is 10.1. The normalized spacial score (nSPS) is 10.5. The molecule has 0 saturated carbocycles. The van der Waals surface area contributed by atoms with Crippen molar-refractivity contribution < 1.29 is 4.39 Å². The second-order valence-corrected chi connectivity index (χ2v) is 4.31. The lowest BCUT2D eigenvalue weighted by atomic mass is 10.1. The summed E-state index contributed by atoms with van der Waals surface area (Å²) in [5.74, 6) is -0.556. The van der Waals surface area contributed by atoms with E-state index in [1.54, 1.807) is 18.2 Å². The third-order valence-corrected chi connectivity index (χ3v) is 3.24. The minimum Gasteiger partial charge on any atom is -0.228 e. The van der Waals surface area contributed by atoms with E-state index >= 15 is 0 Å². The van der Waals surface area contributed by atoms with Gasteiger partial charge in [-0.3, -0.25) is 0 Å². The SMILES string of the molecule is Fc1cc(-c2cc(Cl)c(Cl)c(Cl)c2)ccn1. The fourth-order valence-corrected chi connectivity index (χ4v) is 1.90. The maximum atomic E-state index is 12.9. The molecule has 0 aliphatic carbocycles. The van der Waals surface area contributed by atoms with Crippen molar-refractivity contribution in [2.45, 2.75) is 0 Å². The summed E-state index contributed by atoms with van der Waals surface area (Å²) in [6.45, 7) is 0. The first kappa shape index (κ1) is 11.6. The second-order valence-electron chi connectivity index (χ2n) is 3.12. The van der Waals surface area contributed by atoms with Gasteiger partial charge >= 0.3 is 0 Å². The van der Waals surface area contributed by atoms with Gasteiger partial charge in [0, 0.05) is 12.3 Å². The third-order valence-electron chi connectivity index (χ3n) is 2.04. The Bertz CT molecular complexity index is 519. The van der Waals surface area contributed by atoms with E-state index in [1.807, 2.05) is 0 Å². The van der Waals surface area contributed by atoms with Crippen LogP contribution in [0.5, 0.6) is 0 Å². The van der Waals surface area contributed by atoms with E-state index in [4.69, 9.17) is 34.8 Å². The molecule has 5 heteroatoms. The van der Waals surface area contributed by atoms with Crippen LogP contribution in [0.2, 0.25) is 15.1 Å². The number of halogens is 4. The Morgan fingerprint density at radius 3 is 2.12 bits per heavy atom. The molecule has 16 heavy (non-hydrogen) atoms. The van der Waals surface area contributed by atoms with Gasteiger partial charge < -0.3 is 0 Å². The molecule has 1 aromatic carbocycles. The number of pyridine rings is 1. The summed E-state index contributed by atoms with van der Waals surface area (Å²) in [5, 5.41) is 0.962. The van der Waals surface area contributed by atoms with Crippen molar-refractivity contribution in [1.82, 2.24) is 4.98 Å². The van der Waals surface area contributed by atoms with Gasteiger partial charge in [0.25, 0.3) is 0 Å². The second kappa shape index (κ2) is 4.58. The summed E-state index contributed by atoms with van der Waals surface area (Å²) in [5.41, 5.74) is 1.34. The average molecular weight is 277 g/mol. The van der Waals surface area contributed by atoms with Gasteiger partial charge in [-0.2, -0.15) is 4.39 Å². The zero-order valence-electron chi connectivity index (χ0n) is 7.85. The highest BCUT2D eigenvalue weighted by Crippen LogP contribution is 2.34. The summed E-state index contributed by atoms with van der Waals surface area (Å²) in [7, 11) is 0. The number of nitrogens with zero attached hydrogens (tertiary/aromatic N) is 1. The van der Waals surface area contributed by atoms with Crippen molar-refractivity contribution in [2.24, 2.45) is 0 Å². The molecule has 0 aliphatic heterocycles. The molecule has 0 unspecified atom stereocenters. The summed E-state index contributed by atoms with van der Waals surface area (Å²) in [6.07, 6.45) is 1.38. The van der Waals surface area contributed by atoms with Crippen LogP contribution in [0, 0.1) is 5.95 Å². The number of rotatable bonds is 1. The van der Waals surface area contributed by atoms with Gasteiger partial charge in [0.2, 0.25) is 5.95 Å². The van der Waals surface area contributed by atoms with Crippen molar-refractivity contribution in [3.05, 3.63) is 51.5 Å². The van der Waals surface area contributed by atoms with E-state index in [1.165, 1.54) is 12.3 Å². The molecule has 0 radical (unpaired) electrons. The van der Waals surface area contributed by atoms with Gasteiger partial charge in [-0.25, -0.2) is 4.98 Å². The fraction of sp³-hybridized carbons (Fsp3) is 0. The van der Waals surface area contributed by atoms with Crippen LogP contribution in [0.4, 0.5) is 4.39 Å². The van der Waals surface area contributed by atoms with Crippen LogP contribution in [-0.2, 0) is 0 Å². The lowest BCUT2D eigenvalue weighted by Gasteiger charge is -2.05. The van der Waals surface area contributed by atoms with Crippen LogP contribution in [0.15, 0.2) is 30.5 Å². The number of hydrogen-bond donors (Lipinski definition) is 0. The maximum absolute atomic E-state index is 12.9. The van der Waals surface area contributed by atoms with E-state index in [-0.39, 0.29) is 0 Å². The van der Waals surface area contributed by atoms with Gasteiger partial charge in [0.1, 0.15) is 0 Å². The topological polar surface area (TPSA) is 12.9 Å². The van der Waals surface area contributed by atoms with E-state index in [0.29, 0.717) is 26.2 Å². The van der Waals surface area contributed by atoms with E-state index in [9.17, 15) is 4.39 Å². The predicted molar refractivity (Wildman–Crippen MR) is 64.7 cm³/mol. The summed E-state index contributed by atoms with van der Waals surface area (Å²) in [6, 6.07) is 6.23. The quantitative estimate of drug-likeness (QED) is 0.536. The Labute approximate surface area is 107 Å². The Morgan fingerprint density at radius 2 is 1.56 bits per heavy atom. The van der Waals surface area contributed by atoms with Gasteiger partial charge in [0.15, 0.2) is 0 Å². The number of hydrogen-bond acceptors (Lipinski definition) is 1. The molecule has 1 nitrogen and oxygen atoms in total. The van der Waals surface area contributed by atoms with E-state index in [0.717, 1.165) is 0 Å². The molecule has 2 rings (SSSR count). The van der Waals surface area contributed by atoms with Crippen molar-refractivity contribution in [3.8, 4) is 11.1 Å². The zero-order chi connectivity index (χ0) is 11.7. The average Bonchev–Trinajstić information content (AvgIpc) is 2.25. The molecule has 0 spiro atoms. The summed E-state index contributed by atoms with van der Waals surface area (Å²) < 4.78 is 12.9. The third kappa shape index (κ3) is 2.29. The van der Waals surface area contributed by atoms with Gasteiger partial charge in [-0.1, -0.05) is 34.8 Å². The Hall–Kier alpha value is -0.830. The molecule has 82 valence electrons. The molecular weight excluding hydrogens is 271 g/mol. The number of benzene rings is 1. The lowest BCUT2D eigenvalue weighted by molar-refractivity contribution is 0.584. The molecule has 0 fully saturated rings. The molecule has 1 heterocycles. The van der Waals surface area contributed by atoms with Crippen molar-refractivity contribution in [2.75, 3.05) is 0 Å². The molecule has 0 aliphatic rings. The maximum Gasteiger partial charge on any atom is 0.213 e. The number of aromatic nitrogens is 1. The molecule has 0 saturated heterocycles. The Morgan fingerprint density at radius 1 is 0.938 bits per heavy atom. The van der Waals surface area contributed by atoms with E-state index in [2.05, 4.69) is 4.98 Å².